The summed E-state index contributed by atoms with van der Waals surface area (Å²) in [6.45, 7) is -0.234. The summed E-state index contributed by atoms with van der Waals surface area (Å²) in [5, 5.41) is 9.48. The lowest BCUT2D eigenvalue weighted by molar-refractivity contribution is -0.154. The van der Waals surface area contributed by atoms with E-state index in [2.05, 4.69) is 48.5 Å². The van der Waals surface area contributed by atoms with E-state index in [1.54, 1.807) is 36.4 Å². The van der Waals surface area contributed by atoms with Crippen molar-refractivity contribution in [3.8, 4) is 18.9 Å². The monoisotopic (exact) mass is 621 g/mol. The van der Waals surface area contributed by atoms with Gasteiger partial charge in [-0.2, -0.15) is 28.1 Å². The fraction of sp³-hybridized carbons (Fsp3) is 0.321. The Labute approximate surface area is 251 Å². The number of carbonyl (C=O) groups is 2. The molecule has 1 aliphatic carbocycles. The molecule has 0 spiro atoms. The van der Waals surface area contributed by atoms with Gasteiger partial charge in [-0.15, -0.1) is 12.8 Å². The molecule has 0 radical (unpaired) electrons. The molecule has 1 aliphatic rings. The number of alkyl halides is 3. The quantitative estimate of drug-likeness (QED) is 0.130. The van der Waals surface area contributed by atoms with Gasteiger partial charge in [0.25, 0.3) is 12.4 Å². The smallest absolute Gasteiger partial charge is 0.422 e. The molecule has 11 nitrogen and oxygen atoms in total. The molecule has 1 aromatic heterocycles. The van der Waals surface area contributed by atoms with Crippen LogP contribution >= 0.6 is 11.6 Å². The average Bonchev–Trinajstić information content (AvgIpc) is 3.78. The van der Waals surface area contributed by atoms with Crippen molar-refractivity contribution in [1.29, 1.82) is 0 Å². The van der Waals surface area contributed by atoms with Gasteiger partial charge in [-0.1, -0.05) is 23.7 Å². The number of nitrogens with two attached hydrogens (primary N) is 1. The van der Waals surface area contributed by atoms with Gasteiger partial charge in [0.1, 0.15) is 0 Å². The number of methoxy groups -OCH3 is 1. The summed E-state index contributed by atoms with van der Waals surface area (Å²) >= 11 is 5.99. The van der Waals surface area contributed by atoms with Crippen molar-refractivity contribution >= 4 is 41.6 Å². The Morgan fingerprint density at radius 3 is 2.21 bits per heavy atom. The summed E-state index contributed by atoms with van der Waals surface area (Å²) in [5.41, 5.74) is 6.86. The lowest BCUT2D eigenvalue weighted by atomic mass is 10.1. The highest BCUT2D eigenvalue weighted by molar-refractivity contribution is 6.30. The van der Waals surface area contributed by atoms with Gasteiger partial charge in [0.2, 0.25) is 11.9 Å². The molecule has 1 fully saturated rings. The average molecular weight is 622 g/mol. The zero-order valence-corrected chi connectivity index (χ0v) is 23.9. The van der Waals surface area contributed by atoms with E-state index in [9.17, 15) is 18.0 Å². The SMILES string of the molecule is C#C.COC=O.NCCCNC(=O)c1ccc(Nc2nc(NC3(c4ccc(Cl)cc4)CC3)nc(OCC(F)(F)F)n2)cc1. The van der Waals surface area contributed by atoms with Crippen LogP contribution in [-0.4, -0.2) is 60.3 Å². The number of benzene rings is 2. The minimum Gasteiger partial charge on any atom is -0.471 e. The largest absolute Gasteiger partial charge is 0.471 e. The van der Waals surface area contributed by atoms with E-state index in [0.29, 0.717) is 42.3 Å². The van der Waals surface area contributed by atoms with Crippen molar-refractivity contribution in [3.05, 3.63) is 64.7 Å². The fourth-order valence-electron chi connectivity index (χ4n) is 3.51. The molecule has 1 amide bonds. The van der Waals surface area contributed by atoms with Gasteiger partial charge in [-0.25, -0.2) is 0 Å². The Kier molecular flexibility index (Phi) is 13.5. The molecule has 0 bridgehead atoms. The van der Waals surface area contributed by atoms with E-state index in [4.69, 9.17) is 26.9 Å². The van der Waals surface area contributed by atoms with Gasteiger partial charge in [0, 0.05) is 22.8 Å². The molecule has 0 unspecified atom stereocenters. The van der Waals surface area contributed by atoms with Crippen LogP contribution < -0.4 is 26.4 Å². The summed E-state index contributed by atoms with van der Waals surface area (Å²) in [6.07, 6.45) is 5.65. The second kappa shape index (κ2) is 16.7. The second-order valence-corrected chi connectivity index (χ2v) is 9.25. The molecule has 0 atom stereocenters. The first kappa shape index (κ1) is 34.6. The highest BCUT2D eigenvalue weighted by Gasteiger charge is 2.45. The van der Waals surface area contributed by atoms with Crippen LogP contribution in [0.5, 0.6) is 6.01 Å². The third-order valence-corrected chi connectivity index (χ3v) is 5.90. The van der Waals surface area contributed by atoms with Gasteiger partial charge in [-0.05, 0) is 67.8 Å². The second-order valence-electron chi connectivity index (χ2n) is 8.82. The Balaban J connectivity index is 0.000000993. The first-order chi connectivity index (χ1) is 20.6. The van der Waals surface area contributed by atoms with E-state index < -0.39 is 24.3 Å². The van der Waals surface area contributed by atoms with Gasteiger partial charge in [-0.3, -0.25) is 9.59 Å². The van der Waals surface area contributed by atoms with E-state index in [-0.39, 0.29) is 17.8 Å². The number of ether oxygens (including phenoxy) is 2. The molecule has 0 aliphatic heterocycles. The van der Waals surface area contributed by atoms with Gasteiger partial charge in [0.05, 0.1) is 12.6 Å². The number of terminal acetylenes is 1. The third kappa shape index (κ3) is 11.7. The van der Waals surface area contributed by atoms with Crippen molar-refractivity contribution in [3.63, 3.8) is 0 Å². The standard InChI is InChI=1S/C24H25ClF3N7O2.C2H4O2.C2H2/c25-17-6-4-16(5-7-17)23(10-11-23)35-21-32-20(33-22(34-21)37-14-24(26,27)28)31-18-8-2-15(3-9-18)19(36)30-13-1-12-29;1-4-2-3;1-2/h2-9H,1,10-14,29H2,(H,30,36)(H2,31,32,33,34,35);2H,1H3;1-2H. The maximum atomic E-state index is 12.7. The Morgan fingerprint density at radius 1 is 1.07 bits per heavy atom. The lowest BCUT2D eigenvalue weighted by Crippen LogP contribution is -2.25. The molecule has 43 heavy (non-hydrogen) atoms. The maximum Gasteiger partial charge on any atom is 0.422 e. The number of anilines is 3. The zero-order chi connectivity index (χ0) is 31.9. The highest BCUT2D eigenvalue weighted by Crippen LogP contribution is 2.48. The number of amides is 1. The van der Waals surface area contributed by atoms with E-state index in [0.717, 1.165) is 18.4 Å². The number of nitrogens with one attached hydrogen (secondary N) is 3. The van der Waals surface area contributed by atoms with Crippen molar-refractivity contribution < 1.29 is 32.2 Å². The molecule has 4 rings (SSSR count). The van der Waals surface area contributed by atoms with E-state index >= 15 is 0 Å². The first-order valence-electron chi connectivity index (χ1n) is 12.7. The van der Waals surface area contributed by atoms with Crippen molar-refractivity contribution in [1.82, 2.24) is 20.3 Å². The van der Waals surface area contributed by atoms with Crippen LogP contribution in [0.2, 0.25) is 5.02 Å². The van der Waals surface area contributed by atoms with Crippen LogP contribution in [0.15, 0.2) is 48.5 Å². The predicted octanol–water partition coefficient (Wildman–Crippen LogP) is 4.43. The minimum atomic E-state index is -4.56. The fourth-order valence-corrected chi connectivity index (χ4v) is 3.64. The van der Waals surface area contributed by atoms with Gasteiger partial charge < -0.3 is 31.2 Å². The molecule has 1 heterocycles. The number of aromatic nitrogens is 3. The molecule has 3 aromatic rings. The molecular weight excluding hydrogens is 591 g/mol. The van der Waals surface area contributed by atoms with Gasteiger partial charge >= 0.3 is 12.2 Å². The van der Waals surface area contributed by atoms with Crippen molar-refractivity contribution in [2.24, 2.45) is 5.73 Å². The Hall–Kier alpha value is -4.61. The van der Waals surface area contributed by atoms with E-state index in [1.165, 1.54) is 7.11 Å². The van der Waals surface area contributed by atoms with E-state index in [1.807, 2.05) is 12.1 Å². The summed E-state index contributed by atoms with van der Waals surface area (Å²) in [5.74, 6) is -0.217. The molecule has 2 aromatic carbocycles. The molecular formula is C28H31ClF3N7O4. The summed E-state index contributed by atoms with van der Waals surface area (Å²) in [6, 6.07) is 13.2. The van der Waals surface area contributed by atoms with Crippen LogP contribution in [0.3, 0.4) is 0 Å². The third-order valence-electron chi connectivity index (χ3n) is 5.64. The number of rotatable bonds is 12. The number of carbonyl (C=O) groups excluding carboxylic acids is 2. The number of hydrogen-bond donors (Lipinski definition) is 4. The molecule has 230 valence electrons. The Bertz CT molecular complexity index is 1340. The summed E-state index contributed by atoms with van der Waals surface area (Å²) in [7, 11) is 1.31. The van der Waals surface area contributed by atoms with Crippen LogP contribution in [0.1, 0.15) is 35.2 Å². The van der Waals surface area contributed by atoms with Gasteiger partial charge in [0.15, 0.2) is 6.61 Å². The Morgan fingerprint density at radius 2 is 1.67 bits per heavy atom. The summed E-state index contributed by atoms with van der Waals surface area (Å²) in [4.78, 5) is 33.5. The van der Waals surface area contributed by atoms with Crippen LogP contribution in [0.4, 0.5) is 30.8 Å². The first-order valence-corrected chi connectivity index (χ1v) is 13.1. The molecule has 0 saturated heterocycles. The highest BCUT2D eigenvalue weighted by atomic mass is 35.5. The lowest BCUT2D eigenvalue weighted by Gasteiger charge is -2.19. The van der Waals surface area contributed by atoms with Crippen LogP contribution in [0.25, 0.3) is 0 Å². The number of halogens is 4. The minimum absolute atomic E-state index is 0.0262. The van der Waals surface area contributed by atoms with Crippen molar-refractivity contribution in [2.75, 3.05) is 37.4 Å². The number of nitrogens with zero attached hydrogens (tertiary/aromatic N) is 3. The predicted molar refractivity (Wildman–Crippen MR) is 156 cm³/mol. The number of hydrogen-bond acceptors (Lipinski definition) is 10. The van der Waals surface area contributed by atoms with Crippen LogP contribution in [0, 0.1) is 12.8 Å². The van der Waals surface area contributed by atoms with Crippen LogP contribution in [-0.2, 0) is 15.1 Å². The normalized spacial score (nSPS) is 12.7. The molecule has 1 saturated carbocycles. The summed E-state index contributed by atoms with van der Waals surface area (Å²) < 4.78 is 46.9. The molecule has 15 heteroatoms. The topological polar surface area (TPSA) is 153 Å². The zero-order valence-electron chi connectivity index (χ0n) is 23.2. The van der Waals surface area contributed by atoms with Crippen molar-refractivity contribution in [2.45, 2.75) is 31.0 Å². The maximum absolute atomic E-state index is 12.7. The molecule has 5 N–H and O–H groups in total.